The summed E-state index contributed by atoms with van der Waals surface area (Å²) in [5.41, 5.74) is 5.71. The first-order valence-electron chi connectivity index (χ1n) is 4.27. The average Bonchev–Trinajstić information content (AvgIpc) is 2.79. The largest absolute Gasteiger partial charge is 0.370 e. The van der Waals surface area contributed by atoms with Gasteiger partial charge in [0.25, 0.3) is 0 Å². The maximum absolute atomic E-state index is 5.71. The predicted molar refractivity (Wildman–Crippen MR) is 53.5 cm³/mol. The highest BCUT2D eigenvalue weighted by Crippen LogP contribution is 2.52. The molecular weight excluding hydrogens is 170 g/mol. The van der Waals surface area contributed by atoms with Crippen molar-refractivity contribution in [1.29, 1.82) is 0 Å². The molecule has 3 nitrogen and oxygen atoms in total. The third-order valence-electron chi connectivity index (χ3n) is 3.01. The number of aliphatic imine (C=N–C) groups is 1. The van der Waals surface area contributed by atoms with Crippen molar-refractivity contribution >= 4 is 17.7 Å². The maximum atomic E-state index is 5.71. The second-order valence-electron chi connectivity index (χ2n) is 3.59. The van der Waals surface area contributed by atoms with Crippen LogP contribution in [0.3, 0.4) is 0 Å². The highest BCUT2D eigenvalue weighted by molar-refractivity contribution is 8.00. The summed E-state index contributed by atoms with van der Waals surface area (Å²) in [5.74, 6) is 0.709. The molecule has 1 unspecified atom stereocenters. The van der Waals surface area contributed by atoms with Crippen LogP contribution in [0.2, 0.25) is 0 Å². The molecule has 0 spiro atoms. The van der Waals surface area contributed by atoms with Gasteiger partial charge in [-0.2, -0.15) is 11.8 Å². The number of nitrogens with two attached hydrogens (primary N) is 1. The van der Waals surface area contributed by atoms with Crippen LogP contribution < -0.4 is 5.73 Å². The summed E-state index contributed by atoms with van der Waals surface area (Å²) in [7, 11) is 2.05. The van der Waals surface area contributed by atoms with E-state index in [2.05, 4.69) is 16.1 Å². The molecule has 0 aromatic rings. The summed E-state index contributed by atoms with van der Waals surface area (Å²) in [6.07, 6.45) is 4.84. The normalized spacial score (nSPS) is 32.0. The van der Waals surface area contributed by atoms with Gasteiger partial charge < -0.3 is 10.6 Å². The number of nitrogens with zero attached hydrogens (tertiary/aromatic N) is 2. The quantitative estimate of drug-likeness (QED) is 0.681. The van der Waals surface area contributed by atoms with E-state index in [1.54, 1.807) is 0 Å². The van der Waals surface area contributed by atoms with Gasteiger partial charge in [0.2, 0.25) is 0 Å². The van der Waals surface area contributed by atoms with Crippen molar-refractivity contribution in [3.8, 4) is 0 Å². The van der Waals surface area contributed by atoms with Gasteiger partial charge in [0.05, 0.1) is 12.6 Å². The van der Waals surface area contributed by atoms with E-state index in [9.17, 15) is 0 Å². The van der Waals surface area contributed by atoms with Gasteiger partial charge in [-0.15, -0.1) is 0 Å². The molecule has 0 amide bonds. The molecule has 0 aromatic carbocycles. The van der Waals surface area contributed by atoms with E-state index in [-0.39, 0.29) is 0 Å². The molecule has 2 rings (SSSR count). The van der Waals surface area contributed by atoms with E-state index in [0.29, 0.717) is 16.7 Å². The van der Waals surface area contributed by atoms with Gasteiger partial charge in [0, 0.05) is 11.8 Å². The third kappa shape index (κ3) is 1.01. The molecule has 4 heteroatoms. The van der Waals surface area contributed by atoms with Crippen LogP contribution in [0.25, 0.3) is 0 Å². The summed E-state index contributed by atoms with van der Waals surface area (Å²) in [6.45, 7) is 0.892. The van der Waals surface area contributed by atoms with E-state index >= 15 is 0 Å². The molecule has 1 saturated carbocycles. The van der Waals surface area contributed by atoms with Crippen molar-refractivity contribution in [3.05, 3.63) is 0 Å². The summed E-state index contributed by atoms with van der Waals surface area (Å²) >= 11 is 1.97. The van der Waals surface area contributed by atoms with E-state index in [0.717, 1.165) is 6.54 Å². The third-order valence-corrected chi connectivity index (χ3v) is 4.51. The van der Waals surface area contributed by atoms with Crippen molar-refractivity contribution < 1.29 is 0 Å². The number of hydrogen-bond donors (Lipinski definition) is 1. The lowest BCUT2D eigenvalue weighted by atomic mass is 10.2. The Balaban J connectivity index is 2.08. The summed E-state index contributed by atoms with van der Waals surface area (Å²) in [5, 5.41) is 0. The molecule has 0 bridgehead atoms. The first kappa shape index (κ1) is 8.23. The molecular formula is C8H15N3S. The van der Waals surface area contributed by atoms with E-state index < -0.39 is 0 Å². The molecule has 1 aliphatic carbocycles. The van der Waals surface area contributed by atoms with Crippen LogP contribution in [0.5, 0.6) is 0 Å². The van der Waals surface area contributed by atoms with Crippen LogP contribution >= 0.6 is 11.8 Å². The molecule has 0 saturated heterocycles. The second-order valence-corrected chi connectivity index (χ2v) is 4.82. The number of rotatable bonds is 2. The Morgan fingerprint density at radius 3 is 2.67 bits per heavy atom. The Morgan fingerprint density at radius 1 is 1.67 bits per heavy atom. The zero-order valence-electron chi connectivity index (χ0n) is 7.58. The molecule has 1 atom stereocenters. The van der Waals surface area contributed by atoms with Crippen LogP contribution in [0.1, 0.15) is 12.8 Å². The highest BCUT2D eigenvalue weighted by Gasteiger charge is 2.52. The van der Waals surface area contributed by atoms with Gasteiger partial charge in [-0.1, -0.05) is 0 Å². The topological polar surface area (TPSA) is 41.6 Å². The zero-order chi connectivity index (χ0) is 8.77. The Morgan fingerprint density at radius 2 is 2.33 bits per heavy atom. The molecule has 1 fully saturated rings. The van der Waals surface area contributed by atoms with Crippen LogP contribution in [0.15, 0.2) is 4.99 Å². The monoisotopic (exact) mass is 185 g/mol. The lowest BCUT2D eigenvalue weighted by Crippen LogP contribution is -2.44. The van der Waals surface area contributed by atoms with E-state index in [1.165, 1.54) is 12.8 Å². The van der Waals surface area contributed by atoms with Crippen molar-refractivity contribution in [1.82, 2.24) is 4.90 Å². The van der Waals surface area contributed by atoms with Crippen LogP contribution in [0, 0.1) is 0 Å². The Bertz CT molecular complexity index is 222. The molecule has 2 N–H and O–H groups in total. The smallest absolute Gasteiger partial charge is 0.191 e. The Labute approximate surface area is 77.4 Å². The summed E-state index contributed by atoms with van der Waals surface area (Å²) in [6, 6.07) is 0.549. The molecule has 1 heterocycles. The molecule has 2 aliphatic rings. The molecule has 68 valence electrons. The second kappa shape index (κ2) is 2.55. The highest BCUT2D eigenvalue weighted by atomic mass is 32.2. The van der Waals surface area contributed by atoms with Gasteiger partial charge in [-0.3, -0.25) is 4.99 Å². The molecule has 0 aromatic heterocycles. The van der Waals surface area contributed by atoms with E-state index in [1.807, 2.05) is 18.8 Å². The van der Waals surface area contributed by atoms with Gasteiger partial charge in [0.15, 0.2) is 5.96 Å². The van der Waals surface area contributed by atoms with Crippen molar-refractivity contribution in [3.63, 3.8) is 0 Å². The fourth-order valence-corrected chi connectivity index (χ4v) is 2.90. The van der Waals surface area contributed by atoms with Crippen molar-refractivity contribution in [2.24, 2.45) is 10.7 Å². The number of thioether (sulfide) groups is 1. The summed E-state index contributed by atoms with van der Waals surface area (Å²) < 4.78 is 0.472. The van der Waals surface area contributed by atoms with Gasteiger partial charge in [-0.05, 0) is 19.1 Å². The standard InChI is InChI=1S/C8H15N3S/c1-11-6(5-10-7(11)9)8(12-2)3-4-8/h6H,3-5H2,1-2H3,(H2,9,10). The van der Waals surface area contributed by atoms with E-state index in [4.69, 9.17) is 5.73 Å². The average molecular weight is 185 g/mol. The number of guanidine groups is 1. The first-order valence-corrected chi connectivity index (χ1v) is 5.50. The fourth-order valence-electron chi connectivity index (χ4n) is 1.89. The van der Waals surface area contributed by atoms with Gasteiger partial charge >= 0.3 is 0 Å². The minimum absolute atomic E-state index is 0.472. The Hall–Kier alpha value is -0.380. The maximum Gasteiger partial charge on any atom is 0.191 e. The van der Waals surface area contributed by atoms with Crippen molar-refractivity contribution in [2.75, 3.05) is 19.8 Å². The molecule has 1 aliphatic heterocycles. The van der Waals surface area contributed by atoms with Gasteiger partial charge in [0.1, 0.15) is 0 Å². The van der Waals surface area contributed by atoms with Crippen molar-refractivity contribution in [2.45, 2.75) is 23.6 Å². The lowest BCUT2D eigenvalue weighted by molar-refractivity contribution is 0.381. The minimum atomic E-state index is 0.472. The number of hydrogen-bond acceptors (Lipinski definition) is 4. The number of likely N-dealkylation sites (N-methyl/N-ethyl adjacent to an activating group) is 1. The first-order chi connectivity index (χ1) is 5.69. The Kier molecular flexibility index (Phi) is 1.75. The lowest BCUT2D eigenvalue weighted by Gasteiger charge is -2.28. The predicted octanol–water partition coefficient (Wildman–Crippen LogP) is 0.511. The SMILES string of the molecule is CSC1(C2CN=C(N)N2C)CC1. The molecule has 0 radical (unpaired) electrons. The van der Waals surface area contributed by atoms with Crippen LogP contribution in [0.4, 0.5) is 0 Å². The minimum Gasteiger partial charge on any atom is -0.370 e. The van der Waals surface area contributed by atoms with Crippen LogP contribution in [-0.4, -0.2) is 41.5 Å². The van der Waals surface area contributed by atoms with Gasteiger partial charge in [-0.25, -0.2) is 0 Å². The fraction of sp³-hybridized carbons (Fsp3) is 0.875. The zero-order valence-corrected chi connectivity index (χ0v) is 8.40. The summed E-state index contributed by atoms with van der Waals surface area (Å²) in [4.78, 5) is 6.39. The molecule has 12 heavy (non-hydrogen) atoms. The van der Waals surface area contributed by atoms with Crippen LogP contribution in [-0.2, 0) is 0 Å².